The van der Waals surface area contributed by atoms with Crippen LogP contribution in [0.3, 0.4) is 0 Å². The number of hydrogen-bond donors (Lipinski definition) is 2. The molecular formula is C13H26N3O. The molecular weight excluding hydrogens is 214 g/mol. The van der Waals surface area contributed by atoms with Crippen molar-refractivity contribution < 1.29 is 4.79 Å². The molecule has 0 atom stereocenters. The van der Waals surface area contributed by atoms with Crippen molar-refractivity contribution in [1.29, 1.82) is 0 Å². The number of amides is 2. The van der Waals surface area contributed by atoms with E-state index < -0.39 is 0 Å². The minimum atomic E-state index is -0.0269. The lowest BCUT2D eigenvalue weighted by Crippen LogP contribution is -2.36. The highest BCUT2D eigenvalue weighted by Crippen LogP contribution is 2.07. The number of likely N-dealkylation sites (tertiary alicyclic amines) is 1. The molecule has 99 valence electrons. The van der Waals surface area contributed by atoms with Crippen LogP contribution < -0.4 is 10.6 Å². The lowest BCUT2D eigenvalue weighted by molar-refractivity contribution is 0.240. The molecule has 1 saturated heterocycles. The highest BCUT2D eigenvalue weighted by Gasteiger charge is 2.10. The van der Waals surface area contributed by atoms with E-state index in [4.69, 9.17) is 0 Å². The number of carbonyl (C=O) groups excluding carboxylic acids is 1. The molecule has 0 aromatic heterocycles. The molecule has 0 bridgehead atoms. The van der Waals surface area contributed by atoms with E-state index in [0.717, 1.165) is 32.5 Å². The van der Waals surface area contributed by atoms with Crippen LogP contribution in [0.2, 0.25) is 0 Å². The molecule has 1 fully saturated rings. The summed E-state index contributed by atoms with van der Waals surface area (Å²) in [5.74, 6) is 0. The van der Waals surface area contributed by atoms with Gasteiger partial charge in [-0.05, 0) is 45.2 Å². The maximum atomic E-state index is 11.2. The molecule has 2 amide bonds. The smallest absolute Gasteiger partial charge is 0.314 e. The van der Waals surface area contributed by atoms with Crippen molar-refractivity contribution in [3.63, 3.8) is 0 Å². The predicted molar refractivity (Wildman–Crippen MR) is 70.9 cm³/mol. The summed E-state index contributed by atoms with van der Waals surface area (Å²) in [5, 5.41) is 5.68. The van der Waals surface area contributed by atoms with Crippen molar-refractivity contribution in [2.45, 2.75) is 39.0 Å². The van der Waals surface area contributed by atoms with Crippen molar-refractivity contribution in [3.8, 4) is 0 Å². The van der Waals surface area contributed by atoms with E-state index in [9.17, 15) is 4.79 Å². The van der Waals surface area contributed by atoms with E-state index in [1.54, 1.807) is 0 Å². The van der Waals surface area contributed by atoms with Gasteiger partial charge < -0.3 is 15.5 Å². The standard InChI is InChI=1S/C13H26N3O/c1-2-8-14-13(17)15-9-4-3-5-10-16-11-6-7-12-16/h6H,2-5,7-12H2,1H3,(H2,14,15,17). The lowest BCUT2D eigenvalue weighted by atomic mass is 10.2. The van der Waals surface area contributed by atoms with E-state index in [2.05, 4.69) is 28.9 Å². The third-order valence-corrected chi connectivity index (χ3v) is 3.01. The third-order valence-electron chi connectivity index (χ3n) is 3.01. The molecule has 4 nitrogen and oxygen atoms in total. The van der Waals surface area contributed by atoms with Gasteiger partial charge in [-0.3, -0.25) is 0 Å². The van der Waals surface area contributed by atoms with Crippen molar-refractivity contribution in [3.05, 3.63) is 6.42 Å². The van der Waals surface area contributed by atoms with Gasteiger partial charge in [0.05, 0.1) is 0 Å². The summed E-state index contributed by atoms with van der Waals surface area (Å²) in [6.45, 7) is 7.21. The van der Waals surface area contributed by atoms with Gasteiger partial charge in [0.15, 0.2) is 0 Å². The van der Waals surface area contributed by atoms with Crippen LogP contribution in [-0.4, -0.2) is 43.7 Å². The zero-order chi connectivity index (χ0) is 12.3. The molecule has 0 aliphatic carbocycles. The van der Waals surface area contributed by atoms with Crippen LogP contribution in [0.5, 0.6) is 0 Å². The minimum absolute atomic E-state index is 0.0269. The van der Waals surface area contributed by atoms with Gasteiger partial charge in [0.1, 0.15) is 0 Å². The van der Waals surface area contributed by atoms with Crippen molar-refractivity contribution >= 4 is 6.03 Å². The fourth-order valence-electron chi connectivity index (χ4n) is 1.98. The van der Waals surface area contributed by atoms with Gasteiger partial charge in [0, 0.05) is 19.6 Å². The Morgan fingerprint density at radius 1 is 1.24 bits per heavy atom. The van der Waals surface area contributed by atoms with Gasteiger partial charge in [-0.15, -0.1) is 0 Å². The molecule has 0 unspecified atom stereocenters. The highest BCUT2D eigenvalue weighted by atomic mass is 16.2. The molecule has 0 aromatic carbocycles. The SMILES string of the molecule is CCCNC(=O)NCCCCCN1C[CH]CC1. The number of hydrogen-bond acceptors (Lipinski definition) is 2. The van der Waals surface area contributed by atoms with Crippen molar-refractivity contribution in [2.24, 2.45) is 0 Å². The van der Waals surface area contributed by atoms with Gasteiger partial charge in [-0.25, -0.2) is 4.79 Å². The van der Waals surface area contributed by atoms with Crippen LogP contribution in [0.25, 0.3) is 0 Å². The summed E-state index contributed by atoms with van der Waals surface area (Å²) in [5.41, 5.74) is 0. The fraction of sp³-hybridized carbons (Fsp3) is 0.846. The van der Waals surface area contributed by atoms with Crippen molar-refractivity contribution in [2.75, 3.05) is 32.7 Å². The Balaban J connectivity index is 1.82. The first-order valence-electron chi connectivity index (χ1n) is 6.88. The molecule has 1 heterocycles. The summed E-state index contributed by atoms with van der Waals surface area (Å²) in [6, 6.07) is -0.0269. The molecule has 2 N–H and O–H groups in total. The van der Waals surface area contributed by atoms with Gasteiger partial charge in [0.2, 0.25) is 0 Å². The number of urea groups is 1. The monoisotopic (exact) mass is 240 g/mol. The topological polar surface area (TPSA) is 44.4 Å². The van der Waals surface area contributed by atoms with E-state index >= 15 is 0 Å². The zero-order valence-corrected chi connectivity index (χ0v) is 11.0. The van der Waals surface area contributed by atoms with E-state index in [-0.39, 0.29) is 6.03 Å². The van der Waals surface area contributed by atoms with Crippen LogP contribution >= 0.6 is 0 Å². The molecule has 4 heteroatoms. The largest absolute Gasteiger partial charge is 0.338 e. The third kappa shape index (κ3) is 7.21. The summed E-state index contributed by atoms with van der Waals surface area (Å²) in [4.78, 5) is 13.7. The first-order chi connectivity index (χ1) is 8.33. The molecule has 0 spiro atoms. The average Bonchev–Trinajstić information content (AvgIpc) is 2.84. The highest BCUT2D eigenvalue weighted by molar-refractivity contribution is 5.73. The second-order valence-electron chi connectivity index (χ2n) is 4.62. The minimum Gasteiger partial charge on any atom is -0.338 e. The van der Waals surface area contributed by atoms with E-state index in [1.807, 2.05) is 0 Å². The number of nitrogens with zero attached hydrogens (tertiary/aromatic N) is 1. The molecule has 17 heavy (non-hydrogen) atoms. The molecule has 1 radical (unpaired) electrons. The summed E-state index contributed by atoms with van der Waals surface area (Å²) < 4.78 is 0. The number of unbranched alkanes of at least 4 members (excludes halogenated alkanes) is 2. The second kappa shape index (κ2) is 9.28. The van der Waals surface area contributed by atoms with Crippen LogP contribution in [-0.2, 0) is 0 Å². The zero-order valence-electron chi connectivity index (χ0n) is 11.0. The summed E-state index contributed by atoms with van der Waals surface area (Å²) in [7, 11) is 0. The van der Waals surface area contributed by atoms with Crippen LogP contribution in [0.1, 0.15) is 39.0 Å². The van der Waals surface area contributed by atoms with Crippen molar-refractivity contribution in [1.82, 2.24) is 15.5 Å². The van der Waals surface area contributed by atoms with Crippen LogP contribution in [0.15, 0.2) is 0 Å². The first kappa shape index (κ1) is 14.3. The Kier molecular flexibility index (Phi) is 7.80. The number of nitrogens with one attached hydrogen (secondary N) is 2. The maximum Gasteiger partial charge on any atom is 0.314 e. The summed E-state index contributed by atoms with van der Waals surface area (Å²) >= 11 is 0. The maximum absolute atomic E-state index is 11.2. The Bertz CT molecular complexity index is 203. The molecule has 1 aliphatic rings. The lowest BCUT2D eigenvalue weighted by Gasteiger charge is -2.13. The fourth-order valence-corrected chi connectivity index (χ4v) is 1.98. The normalized spacial score (nSPS) is 16.1. The quantitative estimate of drug-likeness (QED) is 0.635. The second-order valence-corrected chi connectivity index (χ2v) is 4.62. The van der Waals surface area contributed by atoms with Gasteiger partial charge in [-0.1, -0.05) is 13.3 Å². The Hall–Kier alpha value is -0.770. The Morgan fingerprint density at radius 2 is 2.06 bits per heavy atom. The van der Waals surface area contributed by atoms with Crippen LogP contribution in [0.4, 0.5) is 4.79 Å². The Labute approximate surface area is 105 Å². The van der Waals surface area contributed by atoms with E-state index in [0.29, 0.717) is 0 Å². The van der Waals surface area contributed by atoms with E-state index in [1.165, 1.54) is 32.4 Å². The first-order valence-corrected chi connectivity index (χ1v) is 6.88. The molecule has 0 saturated carbocycles. The number of carbonyl (C=O) groups is 1. The average molecular weight is 240 g/mol. The van der Waals surface area contributed by atoms with Gasteiger partial charge in [-0.2, -0.15) is 0 Å². The van der Waals surface area contributed by atoms with Crippen LogP contribution in [0, 0.1) is 6.42 Å². The molecule has 1 rings (SSSR count). The van der Waals surface area contributed by atoms with Gasteiger partial charge in [0.25, 0.3) is 0 Å². The summed E-state index contributed by atoms with van der Waals surface area (Å²) in [6.07, 6.45) is 8.10. The molecule has 1 aliphatic heterocycles. The predicted octanol–water partition coefficient (Wildman–Crippen LogP) is 1.78. The molecule has 0 aromatic rings. The number of rotatable bonds is 8. The Morgan fingerprint density at radius 3 is 2.76 bits per heavy atom. The van der Waals surface area contributed by atoms with Gasteiger partial charge >= 0.3 is 6.03 Å².